The molecule has 19 heteroatoms. The molecule has 1 amide bonds. The third kappa shape index (κ3) is 9.02. The quantitative estimate of drug-likeness (QED) is 0.165. The lowest BCUT2D eigenvalue weighted by molar-refractivity contribution is -0.137. The highest BCUT2D eigenvalue weighted by Gasteiger charge is 2.38. The fourth-order valence-electron chi connectivity index (χ4n) is 5.50. The number of hydrogen-bond donors (Lipinski definition) is 1. The van der Waals surface area contributed by atoms with E-state index >= 15 is 0 Å². The van der Waals surface area contributed by atoms with Gasteiger partial charge < -0.3 is 29.2 Å². The number of carbonyl (C=O) groups is 1. The Kier molecular flexibility index (Phi) is 11.6. The highest BCUT2D eigenvalue weighted by atomic mass is 32.2. The summed E-state index contributed by atoms with van der Waals surface area (Å²) in [6, 6.07) is 10.2. The third-order valence-corrected chi connectivity index (χ3v) is 10.0. The van der Waals surface area contributed by atoms with E-state index in [1.807, 2.05) is 0 Å². The van der Waals surface area contributed by atoms with Crippen LogP contribution in [0.3, 0.4) is 0 Å². The van der Waals surface area contributed by atoms with E-state index in [2.05, 4.69) is 20.3 Å². The van der Waals surface area contributed by atoms with Crippen molar-refractivity contribution in [3.63, 3.8) is 0 Å². The number of sulfonamides is 1. The Balaban J connectivity index is 1.50. The Morgan fingerprint density at radius 1 is 0.868 bits per heavy atom. The number of anilines is 2. The molecule has 53 heavy (non-hydrogen) atoms. The molecular weight excluding hydrogens is 731 g/mol. The Morgan fingerprint density at radius 2 is 1.43 bits per heavy atom. The molecule has 1 saturated heterocycles. The number of pyridine rings is 1. The summed E-state index contributed by atoms with van der Waals surface area (Å²) in [6.07, 6.45) is -3.61. The molecule has 0 unspecified atom stereocenters. The standard InChI is InChI=1S/C34H35F5N6O7S/c1-49-24-7-5-21(27(14-24)51-3)19-45(20-22-6-8-25(50-2)15-28(22)52-4)53(47,48)30-18-40-17-29(42-30)43-32(46)26-13-23(34(37,38)39)16-41-31(26)44-11-9-33(35,36)10-12-44/h5-8,13-18H,9-12,19-20H2,1-4H3,(H,42,43,46). The Labute approximate surface area is 301 Å². The van der Waals surface area contributed by atoms with Crippen molar-refractivity contribution in [1.82, 2.24) is 19.3 Å². The van der Waals surface area contributed by atoms with Gasteiger partial charge in [0.05, 0.1) is 52.0 Å². The van der Waals surface area contributed by atoms with Gasteiger partial charge in [0, 0.05) is 68.5 Å². The maximum atomic E-state index is 14.3. The zero-order valence-electron chi connectivity index (χ0n) is 28.9. The van der Waals surface area contributed by atoms with Crippen molar-refractivity contribution >= 4 is 27.6 Å². The Morgan fingerprint density at radius 3 is 1.94 bits per heavy atom. The number of nitrogens with one attached hydrogen (secondary N) is 1. The van der Waals surface area contributed by atoms with Gasteiger partial charge in [0.25, 0.3) is 21.9 Å². The maximum absolute atomic E-state index is 14.3. The van der Waals surface area contributed by atoms with Crippen LogP contribution in [0.2, 0.25) is 0 Å². The first-order valence-electron chi connectivity index (χ1n) is 15.8. The number of benzene rings is 2. The molecule has 0 bridgehead atoms. The van der Waals surface area contributed by atoms with Gasteiger partial charge in [-0.2, -0.15) is 17.5 Å². The molecule has 4 aromatic rings. The molecule has 5 rings (SSSR count). The minimum Gasteiger partial charge on any atom is -0.497 e. The van der Waals surface area contributed by atoms with Gasteiger partial charge in [-0.3, -0.25) is 9.78 Å². The topological polar surface area (TPSA) is 145 Å². The molecular formula is C34H35F5N6O7S. The van der Waals surface area contributed by atoms with Crippen LogP contribution in [0.4, 0.5) is 33.6 Å². The van der Waals surface area contributed by atoms with E-state index < -0.39 is 62.8 Å². The predicted octanol–water partition coefficient (Wildman–Crippen LogP) is 5.80. The zero-order chi connectivity index (χ0) is 38.6. The molecule has 1 aliphatic rings. The molecule has 0 radical (unpaired) electrons. The number of hydrogen-bond acceptors (Lipinski definition) is 11. The van der Waals surface area contributed by atoms with Crippen LogP contribution in [0.15, 0.2) is 66.1 Å². The molecule has 3 heterocycles. The van der Waals surface area contributed by atoms with E-state index in [0.717, 1.165) is 16.7 Å². The lowest BCUT2D eigenvalue weighted by Gasteiger charge is -2.33. The number of alkyl halides is 5. The number of ether oxygens (including phenoxy) is 4. The minimum absolute atomic E-state index is 0.253. The van der Waals surface area contributed by atoms with Crippen LogP contribution < -0.4 is 29.2 Å². The zero-order valence-corrected chi connectivity index (χ0v) is 29.7. The summed E-state index contributed by atoms with van der Waals surface area (Å²) in [7, 11) is 1.18. The summed E-state index contributed by atoms with van der Waals surface area (Å²) in [6.45, 7) is -1.05. The van der Waals surface area contributed by atoms with E-state index in [4.69, 9.17) is 18.9 Å². The smallest absolute Gasteiger partial charge is 0.417 e. The van der Waals surface area contributed by atoms with Crippen LogP contribution in [0.1, 0.15) is 39.9 Å². The first kappa shape index (κ1) is 38.9. The summed E-state index contributed by atoms with van der Waals surface area (Å²) in [5.74, 6) is -3.24. The SMILES string of the molecule is COc1ccc(CN(Cc2ccc(OC)cc2OC)S(=O)(=O)c2cncc(NC(=O)c3cc(C(F)(F)F)cnc3N3CCC(F)(F)CC3)n2)c(OC)c1. The van der Waals surface area contributed by atoms with Crippen molar-refractivity contribution in [1.29, 1.82) is 0 Å². The van der Waals surface area contributed by atoms with Crippen LogP contribution in [-0.4, -0.2) is 81.0 Å². The molecule has 0 spiro atoms. The van der Waals surface area contributed by atoms with Gasteiger partial charge in [0.15, 0.2) is 10.8 Å². The van der Waals surface area contributed by atoms with Crippen molar-refractivity contribution in [2.45, 2.75) is 43.1 Å². The van der Waals surface area contributed by atoms with Gasteiger partial charge in [-0.25, -0.2) is 27.2 Å². The lowest BCUT2D eigenvalue weighted by atomic mass is 10.1. The summed E-state index contributed by atoms with van der Waals surface area (Å²) < 4.78 is 120. The number of carbonyl (C=O) groups excluding carboxylic acids is 1. The van der Waals surface area contributed by atoms with Crippen molar-refractivity contribution in [2.24, 2.45) is 0 Å². The van der Waals surface area contributed by atoms with Crippen LogP contribution in [0.25, 0.3) is 0 Å². The highest BCUT2D eigenvalue weighted by Crippen LogP contribution is 2.36. The van der Waals surface area contributed by atoms with Gasteiger partial charge in [-0.1, -0.05) is 12.1 Å². The molecule has 1 aliphatic heterocycles. The monoisotopic (exact) mass is 766 g/mol. The largest absolute Gasteiger partial charge is 0.497 e. The van der Waals surface area contributed by atoms with Crippen LogP contribution >= 0.6 is 0 Å². The molecule has 2 aromatic carbocycles. The van der Waals surface area contributed by atoms with Crippen molar-refractivity contribution in [2.75, 3.05) is 51.7 Å². The van der Waals surface area contributed by atoms with Crippen molar-refractivity contribution in [3.05, 3.63) is 83.3 Å². The number of aromatic nitrogens is 3. The summed E-state index contributed by atoms with van der Waals surface area (Å²) >= 11 is 0. The summed E-state index contributed by atoms with van der Waals surface area (Å²) in [4.78, 5) is 26.7. The van der Waals surface area contributed by atoms with Crippen molar-refractivity contribution in [3.8, 4) is 23.0 Å². The van der Waals surface area contributed by atoms with Gasteiger partial charge in [-0.15, -0.1) is 0 Å². The predicted molar refractivity (Wildman–Crippen MR) is 181 cm³/mol. The first-order valence-corrected chi connectivity index (χ1v) is 17.3. The second-order valence-electron chi connectivity index (χ2n) is 11.8. The highest BCUT2D eigenvalue weighted by molar-refractivity contribution is 7.89. The van der Waals surface area contributed by atoms with E-state index in [-0.39, 0.29) is 32.0 Å². The van der Waals surface area contributed by atoms with Gasteiger partial charge in [-0.05, 0) is 18.2 Å². The van der Waals surface area contributed by atoms with E-state index in [1.165, 1.54) is 33.3 Å². The van der Waals surface area contributed by atoms with Gasteiger partial charge in [0.1, 0.15) is 28.8 Å². The Bertz CT molecular complexity index is 2000. The molecule has 1 N–H and O–H groups in total. The normalized spacial score (nSPS) is 14.5. The summed E-state index contributed by atoms with van der Waals surface area (Å²) in [5.41, 5.74) is -0.946. The molecule has 0 atom stereocenters. The number of piperidine rings is 1. The van der Waals surface area contributed by atoms with E-state index in [0.29, 0.717) is 46.4 Å². The van der Waals surface area contributed by atoms with Gasteiger partial charge >= 0.3 is 6.18 Å². The van der Waals surface area contributed by atoms with Crippen LogP contribution in [0.5, 0.6) is 23.0 Å². The molecule has 2 aromatic heterocycles. The second kappa shape index (κ2) is 15.7. The average molecular weight is 767 g/mol. The number of nitrogens with zero attached hydrogens (tertiary/aromatic N) is 5. The van der Waals surface area contributed by atoms with Gasteiger partial charge in [0.2, 0.25) is 0 Å². The van der Waals surface area contributed by atoms with E-state index in [9.17, 15) is 35.2 Å². The number of rotatable bonds is 13. The van der Waals surface area contributed by atoms with Crippen LogP contribution in [-0.2, 0) is 29.3 Å². The fourth-order valence-corrected chi connectivity index (χ4v) is 6.79. The molecule has 0 saturated carbocycles. The molecule has 284 valence electrons. The molecule has 1 fully saturated rings. The number of amides is 1. The Hall–Kier alpha value is -5.30. The summed E-state index contributed by atoms with van der Waals surface area (Å²) in [5, 5.41) is 1.68. The number of methoxy groups -OCH3 is 4. The third-order valence-electron chi connectivity index (χ3n) is 8.37. The second-order valence-corrected chi connectivity index (χ2v) is 13.6. The minimum atomic E-state index is -4.88. The maximum Gasteiger partial charge on any atom is 0.417 e. The average Bonchev–Trinajstić information content (AvgIpc) is 3.14. The van der Waals surface area contributed by atoms with Crippen LogP contribution in [0, 0.1) is 0 Å². The molecule has 0 aliphatic carbocycles. The lowest BCUT2D eigenvalue weighted by Crippen LogP contribution is -2.40. The van der Waals surface area contributed by atoms with Crippen molar-refractivity contribution < 1.29 is 54.1 Å². The number of halogens is 5. The first-order chi connectivity index (χ1) is 25.1. The van der Waals surface area contributed by atoms with E-state index in [1.54, 1.807) is 36.4 Å². The molecule has 13 nitrogen and oxygen atoms in total. The fraction of sp³-hybridized carbons (Fsp3) is 0.353.